The fourth-order valence-electron chi connectivity index (χ4n) is 0.244. The Hall–Kier alpha value is 0.730. The lowest BCUT2D eigenvalue weighted by atomic mass is 10.3. The van der Waals surface area contributed by atoms with Crippen LogP contribution in [-0.2, 0) is 0 Å². The van der Waals surface area contributed by atoms with E-state index < -0.39 is 6.37 Å². The molecule has 0 aromatic heterocycles. The van der Waals surface area contributed by atoms with Crippen LogP contribution in [0.25, 0.3) is 0 Å². The predicted molar refractivity (Wildman–Crippen MR) is 38.4 cm³/mol. The topological polar surface area (TPSA) is 0 Å². The molecule has 0 atom stereocenters. The van der Waals surface area contributed by atoms with Crippen LogP contribution in [0.5, 0.6) is 0 Å². The van der Waals surface area contributed by atoms with Gasteiger partial charge in [-0.3, -0.25) is 0 Å². The minimum absolute atomic E-state index is 0.610. The minimum Gasteiger partial charge on any atom is -0.0864 e. The highest BCUT2D eigenvalue weighted by Crippen LogP contribution is 1.96. The van der Waals surface area contributed by atoms with Gasteiger partial charge in [-0.1, -0.05) is 42.4 Å². The fourth-order valence-corrected chi connectivity index (χ4v) is 0.625. The molecule has 0 aromatic carbocycles. The molecule has 0 aliphatic rings. The van der Waals surface area contributed by atoms with Crippen LogP contribution >= 0.6 is 22.6 Å². The third-order valence-corrected chi connectivity index (χ3v) is 1.06. The smallest absolute Gasteiger partial charge is 0.0274 e. The normalized spacial score (nSPS) is 16.3. The summed E-state index contributed by atoms with van der Waals surface area (Å²) in [6.07, 6.45) is 0.710. The zero-order valence-corrected chi connectivity index (χ0v) is 6.16. The monoisotopic (exact) mass is 200 g/mol. The first-order valence-corrected chi connectivity index (χ1v) is 3.71. The molecule has 0 amide bonds. The van der Waals surface area contributed by atoms with E-state index in [1.165, 1.54) is 0 Å². The number of halogens is 1. The molecule has 0 aliphatic heterocycles. The fraction of sp³-hybridized carbons (Fsp3) is 1.00. The third-order valence-electron chi connectivity index (χ3n) is 0.521. The van der Waals surface area contributed by atoms with Gasteiger partial charge in [0.1, 0.15) is 0 Å². The van der Waals surface area contributed by atoms with E-state index in [1.54, 1.807) is 0 Å². The van der Waals surface area contributed by atoms with Gasteiger partial charge in [-0.15, -0.1) is 0 Å². The largest absolute Gasteiger partial charge is 0.0864 e. The van der Waals surface area contributed by atoms with E-state index in [-0.39, 0.29) is 0 Å². The van der Waals surface area contributed by atoms with Crippen molar-refractivity contribution in [1.82, 2.24) is 0 Å². The molecular formula is C5H11I. The number of hydrogen-bond acceptors (Lipinski definition) is 0. The molecule has 0 heterocycles. The molecule has 0 spiro atoms. The average Bonchev–Trinajstić information content (AvgIpc) is 1.67. The Morgan fingerprint density at radius 1 is 1.83 bits per heavy atom. The predicted octanol–water partition coefficient (Wildman–Crippen LogP) is 2.61. The average molecular weight is 200 g/mol. The molecule has 0 rings (SSSR count). The Labute approximate surface area is 56.3 Å². The Bertz CT molecular complexity index is 63.4. The van der Waals surface area contributed by atoms with Crippen molar-refractivity contribution >= 4 is 22.6 Å². The Morgan fingerprint density at radius 2 is 2.50 bits per heavy atom. The highest BCUT2D eigenvalue weighted by molar-refractivity contribution is 14.1. The number of rotatable bonds is 3. The van der Waals surface area contributed by atoms with Crippen LogP contribution < -0.4 is 0 Å². The van der Waals surface area contributed by atoms with Crippen molar-refractivity contribution < 1.29 is 2.74 Å². The van der Waals surface area contributed by atoms with Gasteiger partial charge in [0.2, 0.25) is 0 Å². The summed E-state index contributed by atoms with van der Waals surface area (Å²) in [7, 11) is 0. The summed E-state index contributed by atoms with van der Waals surface area (Å²) >= 11 is 2.08. The lowest BCUT2D eigenvalue weighted by molar-refractivity contribution is 0.785. The van der Waals surface area contributed by atoms with Crippen molar-refractivity contribution in [2.24, 2.45) is 0 Å². The number of alkyl halides is 1. The van der Waals surface area contributed by atoms with Crippen molar-refractivity contribution in [3.63, 3.8) is 0 Å². The van der Waals surface area contributed by atoms with E-state index >= 15 is 0 Å². The van der Waals surface area contributed by atoms with Crippen LogP contribution in [0.3, 0.4) is 0 Å². The summed E-state index contributed by atoms with van der Waals surface area (Å²) < 4.78 is 15.1. The molecule has 0 nitrogen and oxygen atoms in total. The lowest BCUT2D eigenvalue weighted by Crippen LogP contribution is -1.70. The van der Waals surface area contributed by atoms with E-state index in [0.29, 0.717) is 10.8 Å². The van der Waals surface area contributed by atoms with E-state index in [2.05, 4.69) is 22.6 Å². The maximum Gasteiger partial charge on any atom is 0.0274 e. The second-order valence-corrected chi connectivity index (χ2v) is 1.90. The van der Waals surface area contributed by atoms with Crippen molar-refractivity contribution in [2.75, 3.05) is 4.43 Å². The van der Waals surface area contributed by atoms with Gasteiger partial charge < -0.3 is 0 Å². The summed E-state index contributed by atoms with van der Waals surface area (Å²) in [5, 5.41) is 0. The SMILES string of the molecule is [2H]C([2H])(CI)CCC. The molecule has 0 N–H and O–H groups in total. The molecule has 6 heavy (non-hydrogen) atoms. The highest BCUT2D eigenvalue weighted by Gasteiger charge is 1.76. The van der Waals surface area contributed by atoms with Crippen molar-refractivity contribution in [2.45, 2.75) is 26.1 Å². The van der Waals surface area contributed by atoms with E-state index in [9.17, 15) is 0 Å². The molecular weight excluding hydrogens is 187 g/mol. The molecule has 0 fully saturated rings. The first-order valence-electron chi connectivity index (χ1n) is 3.18. The maximum absolute atomic E-state index is 7.23. The Kier molecular flexibility index (Phi) is 3.53. The van der Waals surface area contributed by atoms with Crippen LogP contribution in [0.4, 0.5) is 0 Å². The summed E-state index contributed by atoms with van der Waals surface area (Å²) in [4.78, 5) is 0. The van der Waals surface area contributed by atoms with Crippen LogP contribution in [0.1, 0.15) is 28.9 Å². The van der Waals surface area contributed by atoms with Gasteiger partial charge in [-0.05, 0) is 10.8 Å². The summed E-state index contributed by atoms with van der Waals surface area (Å²) in [6, 6.07) is 0. The molecule has 38 valence electrons. The van der Waals surface area contributed by atoms with Crippen molar-refractivity contribution in [3.8, 4) is 0 Å². The van der Waals surface area contributed by atoms with E-state index in [4.69, 9.17) is 2.74 Å². The van der Waals surface area contributed by atoms with E-state index in [1.807, 2.05) is 6.92 Å². The van der Waals surface area contributed by atoms with Gasteiger partial charge in [0.15, 0.2) is 0 Å². The first-order chi connectivity index (χ1) is 3.62. The zero-order valence-electron chi connectivity index (χ0n) is 6.00. The molecule has 0 saturated carbocycles. The molecule has 0 saturated heterocycles. The van der Waals surface area contributed by atoms with E-state index in [0.717, 1.165) is 6.42 Å². The molecule has 0 unspecified atom stereocenters. The standard InChI is InChI=1S/C5H11I/c1-2-3-4-5-6/h2-5H2,1H3/i4D2. The van der Waals surface area contributed by atoms with Crippen LogP contribution in [0, 0.1) is 0 Å². The van der Waals surface area contributed by atoms with Gasteiger partial charge >= 0.3 is 0 Å². The van der Waals surface area contributed by atoms with Gasteiger partial charge in [-0.25, -0.2) is 0 Å². The second kappa shape index (κ2) is 5.73. The Balaban J connectivity index is 3.37. The summed E-state index contributed by atoms with van der Waals surface area (Å²) in [6.45, 7) is 2.00. The number of hydrogen-bond donors (Lipinski definition) is 0. The highest BCUT2D eigenvalue weighted by atomic mass is 127. The molecule has 0 bridgehead atoms. The molecule has 0 aliphatic carbocycles. The van der Waals surface area contributed by atoms with Crippen LogP contribution in [-0.4, -0.2) is 4.43 Å². The van der Waals surface area contributed by atoms with Crippen LogP contribution in [0.15, 0.2) is 0 Å². The molecule has 0 aromatic rings. The first kappa shape index (κ1) is 3.70. The van der Waals surface area contributed by atoms with Gasteiger partial charge in [0, 0.05) is 2.74 Å². The third kappa shape index (κ3) is 4.73. The molecule has 1 heteroatoms. The summed E-state index contributed by atoms with van der Waals surface area (Å²) in [5.41, 5.74) is 0. The minimum atomic E-state index is -0.921. The van der Waals surface area contributed by atoms with Gasteiger partial charge in [0.25, 0.3) is 0 Å². The summed E-state index contributed by atoms with van der Waals surface area (Å²) in [5.74, 6) is 0. The van der Waals surface area contributed by atoms with Crippen molar-refractivity contribution in [1.29, 1.82) is 0 Å². The van der Waals surface area contributed by atoms with Gasteiger partial charge in [0.05, 0.1) is 0 Å². The van der Waals surface area contributed by atoms with Crippen LogP contribution in [0.2, 0.25) is 0 Å². The Morgan fingerprint density at radius 3 is 2.67 bits per heavy atom. The quantitative estimate of drug-likeness (QED) is 0.485. The maximum atomic E-state index is 7.23. The second-order valence-electron chi connectivity index (χ2n) is 1.13. The lowest BCUT2D eigenvalue weighted by Gasteiger charge is -1.85. The zero-order chi connectivity index (χ0) is 6.62. The van der Waals surface area contributed by atoms with Gasteiger partial charge in [-0.2, -0.15) is 0 Å². The molecule has 0 radical (unpaired) electrons. The van der Waals surface area contributed by atoms with Crippen molar-refractivity contribution in [3.05, 3.63) is 0 Å².